The first kappa shape index (κ1) is 13.0. The number of carboxylic acid groups (broad SMARTS) is 1. The first-order valence-electron chi connectivity index (χ1n) is 5.43. The lowest BCUT2D eigenvalue weighted by Crippen LogP contribution is -2.40. The average molecular weight is 236 g/mol. The van der Waals surface area contributed by atoms with E-state index in [-0.39, 0.29) is 0 Å². The van der Waals surface area contributed by atoms with Gasteiger partial charge in [0.25, 0.3) is 5.91 Å². The first-order valence-corrected chi connectivity index (χ1v) is 5.43. The number of amides is 1. The van der Waals surface area contributed by atoms with E-state index in [1.54, 1.807) is 18.2 Å². The van der Waals surface area contributed by atoms with Gasteiger partial charge in [-0.1, -0.05) is 19.4 Å². The van der Waals surface area contributed by atoms with Crippen LogP contribution in [0.25, 0.3) is 0 Å². The third-order valence-electron chi connectivity index (χ3n) is 2.33. The molecule has 5 nitrogen and oxygen atoms in total. The fraction of sp³-hybridized carbons (Fsp3) is 0.333. The van der Waals surface area contributed by atoms with Crippen LogP contribution in [0.3, 0.4) is 0 Å². The second-order valence-corrected chi connectivity index (χ2v) is 3.78. The Morgan fingerprint density at radius 3 is 2.71 bits per heavy atom. The monoisotopic (exact) mass is 236 g/mol. The highest BCUT2D eigenvalue weighted by Gasteiger charge is 2.19. The molecule has 5 heteroatoms. The second-order valence-electron chi connectivity index (χ2n) is 3.78. The van der Waals surface area contributed by atoms with Crippen LogP contribution in [0.1, 0.15) is 30.1 Å². The largest absolute Gasteiger partial charge is 0.480 e. The van der Waals surface area contributed by atoms with Crippen molar-refractivity contribution in [1.82, 2.24) is 5.32 Å². The van der Waals surface area contributed by atoms with E-state index in [4.69, 9.17) is 10.8 Å². The summed E-state index contributed by atoms with van der Waals surface area (Å²) >= 11 is 0. The van der Waals surface area contributed by atoms with Crippen LogP contribution in [0.15, 0.2) is 24.3 Å². The number of rotatable bonds is 5. The zero-order chi connectivity index (χ0) is 12.8. The Morgan fingerprint density at radius 2 is 2.18 bits per heavy atom. The van der Waals surface area contributed by atoms with E-state index in [1.807, 2.05) is 6.92 Å². The van der Waals surface area contributed by atoms with Gasteiger partial charge in [0.15, 0.2) is 0 Å². The summed E-state index contributed by atoms with van der Waals surface area (Å²) in [5, 5.41) is 11.4. The van der Waals surface area contributed by atoms with E-state index in [2.05, 4.69) is 5.32 Å². The minimum Gasteiger partial charge on any atom is -0.480 e. The Balaban J connectivity index is 2.73. The van der Waals surface area contributed by atoms with Crippen molar-refractivity contribution in [2.45, 2.75) is 25.8 Å². The molecule has 0 aliphatic rings. The Labute approximate surface area is 99.6 Å². The maximum Gasteiger partial charge on any atom is 0.326 e. The van der Waals surface area contributed by atoms with E-state index in [9.17, 15) is 9.59 Å². The van der Waals surface area contributed by atoms with E-state index in [0.717, 1.165) is 0 Å². The van der Waals surface area contributed by atoms with Crippen molar-refractivity contribution in [3.05, 3.63) is 29.8 Å². The average Bonchev–Trinajstić information content (AvgIpc) is 2.28. The van der Waals surface area contributed by atoms with Gasteiger partial charge < -0.3 is 16.2 Å². The van der Waals surface area contributed by atoms with Crippen molar-refractivity contribution in [3.8, 4) is 0 Å². The Morgan fingerprint density at radius 1 is 1.47 bits per heavy atom. The molecular formula is C12H16N2O3. The van der Waals surface area contributed by atoms with Gasteiger partial charge in [0.05, 0.1) is 0 Å². The predicted molar refractivity (Wildman–Crippen MR) is 64.7 cm³/mol. The second kappa shape index (κ2) is 5.89. The van der Waals surface area contributed by atoms with E-state index >= 15 is 0 Å². The van der Waals surface area contributed by atoms with Crippen LogP contribution in [-0.2, 0) is 4.79 Å². The molecule has 1 aromatic rings. The summed E-state index contributed by atoms with van der Waals surface area (Å²) in [6.45, 7) is 1.86. The highest BCUT2D eigenvalue weighted by Crippen LogP contribution is 2.07. The molecule has 0 saturated carbocycles. The number of hydrogen-bond donors (Lipinski definition) is 3. The van der Waals surface area contributed by atoms with Crippen molar-refractivity contribution >= 4 is 17.6 Å². The fourth-order valence-corrected chi connectivity index (χ4v) is 1.47. The van der Waals surface area contributed by atoms with Crippen LogP contribution in [0, 0.1) is 0 Å². The molecule has 0 aliphatic heterocycles. The SMILES string of the molecule is CCC[C@H](NC(=O)c1cccc(N)c1)C(=O)O. The van der Waals surface area contributed by atoms with Gasteiger partial charge in [-0.2, -0.15) is 0 Å². The maximum absolute atomic E-state index is 11.8. The third-order valence-corrected chi connectivity index (χ3v) is 2.33. The smallest absolute Gasteiger partial charge is 0.326 e. The summed E-state index contributed by atoms with van der Waals surface area (Å²) in [6.07, 6.45) is 1.09. The minimum atomic E-state index is -1.02. The number of aliphatic carboxylic acids is 1. The van der Waals surface area contributed by atoms with E-state index < -0.39 is 17.9 Å². The summed E-state index contributed by atoms with van der Waals surface area (Å²) < 4.78 is 0. The van der Waals surface area contributed by atoms with Gasteiger partial charge >= 0.3 is 5.97 Å². The summed E-state index contributed by atoms with van der Waals surface area (Å²) in [6, 6.07) is 5.57. The summed E-state index contributed by atoms with van der Waals surface area (Å²) in [5.41, 5.74) is 6.39. The Bertz CT molecular complexity index is 418. The summed E-state index contributed by atoms with van der Waals surface area (Å²) in [5.74, 6) is -1.44. The molecule has 1 rings (SSSR count). The van der Waals surface area contributed by atoms with Crippen LogP contribution < -0.4 is 11.1 Å². The topological polar surface area (TPSA) is 92.4 Å². The molecule has 0 aromatic heterocycles. The molecule has 0 spiro atoms. The lowest BCUT2D eigenvalue weighted by Gasteiger charge is -2.13. The molecule has 0 saturated heterocycles. The van der Waals surface area contributed by atoms with Gasteiger partial charge in [0.2, 0.25) is 0 Å². The van der Waals surface area contributed by atoms with E-state index in [1.165, 1.54) is 6.07 Å². The number of benzene rings is 1. The lowest BCUT2D eigenvalue weighted by atomic mass is 10.1. The van der Waals surface area contributed by atoms with Gasteiger partial charge in [-0.15, -0.1) is 0 Å². The summed E-state index contributed by atoms with van der Waals surface area (Å²) in [4.78, 5) is 22.6. The molecule has 1 atom stereocenters. The van der Waals surface area contributed by atoms with Crippen LogP contribution in [0.4, 0.5) is 5.69 Å². The molecule has 0 aliphatic carbocycles. The molecule has 92 valence electrons. The number of carboxylic acids is 1. The number of nitrogen functional groups attached to an aromatic ring is 1. The molecule has 17 heavy (non-hydrogen) atoms. The van der Waals surface area contributed by atoms with E-state index in [0.29, 0.717) is 24.1 Å². The minimum absolute atomic E-state index is 0.368. The predicted octanol–water partition coefficient (Wildman–Crippen LogP) is 1.25. The zero-order valence-corrected chi connectivity index (χ0v) is 9.64. The molecule has 0 radical (unpaired) electrons. The number of nitrogens with one attached hydrogen (secondary N) is 1. The highest BCUT2D eigenvalue weighted by atomic mass is 16.4. The molecule has 1 amide bonds. The standard InChI is InChI=1S/C12H16N2O3/c1-2-4-10(12(16)17)14-11(15)8-5-3-6-9(13)7-8/h3,5-7,10H,2,4,13H2,1H3,(H,14,15)(H,16,17)/t10-/m0/s1. The number of hydrogen-bond acceptors (Lipinski definition) is 3. The third kappa shape index (κ3) is 3.79. The highest BCUT2D eigenvalue weighted by molar-refractivity contribution is 5.97. The molecule has 1 aromatic carbocycles. The van der Waals surface area contributed by atoms with Crippen molar-refractivity contribution in [2.75, 3.05) is 5.73 Å². The Kier molecular flexibility index (Phi) is 4.51. The number of carbonyl (C=O) groups is 2. The first-order chi connectivity index (χ1) is 8.04. The quantitative estimate of drug-likeness (QED) is 0.671. The van der Waals surface area contributed by atoms with Crippen LogP contribution in [0.2, 0.25) is 0 Å². The molecule has 0 fully saturated rings. The number of nitrogens with two attached hydrogens (primary N) is 1. The van der Waals surface area contributed by atoms with Gasteiger partial charge in [-0.3, -0.25) is 4.79 Å². The van der Waals surface area contributed by atoms with Crippen LogP contribution in [0.5, 0.6) is 0 Å². The molecular weight excluding hydrogens is 220 g/mol. The zero-order valence-electron chi connectivity index (χ0n) is 9.64. The maximum atomic E-state index is 11.8. The number of carbonyl (C=O) groups excluding carboxylic acids is 1. The fourth-order valence-electron chi connectivity index (χ4n) is 1.47. The van der Waals surface area contributed by atoms with Crippen molar-refractivity contribution in [1.29, 1.82) is 0 Å². The number of anilines is 1. The van der Waals surface area contributed by atoms with Crippen LogP contribution >= 0.6 is 0 Å². The van der Waals surface area contributed by atoms with Crippen molar-refractivity contribution in [3.63, 3.8) is 0 Å². The van der Waals surface area contributed by atoms with Gasteiger partial charge in [0.1, 0.15) is 6.04 Å². The van der Waals surface area contributed by atoms with Gasteiger partial charge in [0, 0.05) is 11.3 Å². The van der Waals surface area contributed by atoms with Crippen molar-refractivity contribution < 1.29 is 14.7 Å². The van der Waals surface area contributed by atoms with Crippen molar-refractivity contribution in [2.24, 2.45) is 0 Å². The van der Waals surface area contributed by atoms with Crippen LogP contribution in [-0.4, -0.2) is 23.0 Å². The molecule has 0 bridgehead atoms. The molecule has 0 heterocycles. The lowest BCUT2D eigenvalue weighted by molar-refractivity contribution is -0.139. The van der Waals surface area contributed by atoms with Gasteiger partial charge in [-0.05, 0) is 24.6 Å². The Hall–Kier alpha value is -2.04. The summed E-state index contributed by atoms with van der Waals surface area (Å²) in [7, 11) is 0. The molecule has 4 N–H and O–H groups in total. The normalized spacial score (nSPS) is 11.8. The molecule has 0 unspecified atom stereocenters. The van der Waals surface area contributed by atoms with Gasteiger partial charge in [-0.25, -0.2) is 4.79 Å².